The van der Waals surface area contributed by atoms with Crippen molar-refractivity contribution in [1.82, 2.24) is 4.57 Å². The summed E-state index contributed by atoms with van der Waals surface area (Å²) in [4.78, 5) is 0. The Morgan fingerprint density at radius 1 is 1.71 bits per heavy atom. The standard InChI is InChI=1S/C6H8N/c1-6-4-3-5-7(6)2/h3-5H,2H2,1H3. The van der Waals surface area contributed by atoms with Crippen LogP contribution in [0.3, 0.4) is 0 Å². The SMILES string of the molecule is [CH2]n1cccc1C. The van der Waals surface area contributed by atoms with Crippen LogP contribution in [0.15, 0.2) is 18.3 Å². The van der Waals surface area contributed by atoms with Crippen LogP contribution in [0.25, 0.3) is 0 Å². The largest absolute Gasteiger partial charge is 0.350 e. The fraction of sp³-hybridized carbons (Fsp3) is 0.167. The van der Waals surface area contributed by atoms with E-state index in [1.807, 2.05) is 29.8 Å². The van der Waals surface area contributed by atoms with Gasteiger partial charge < -0.3 is 4.57 Å². The van der Waals surface area contributed by atoms with Crippen LogP contribution in [0.4, 0.5) is 0 Å². The van der Waals surface area contributed by atoms with E-state index in [1.165, 1.54) is 5.69 Å². The Balaban J connectivity index is 3.12. The zero-order valence-corrected chi connectivity index (χ0v) is 4.39. The second-order valence-electron chi connectivity index (χ2n) is 1.62. The van der Waals surface area contributed by atoms with Gasteiger partial charge in [0.2, 0.25) is 0 Å². The first-order chi connectivity index (χ1) is 3.30. The molecule has 0 aromatic carbocycles. The molecule has 0 aliphatic carbocycles. The first-order valence-corrected chi connectivity index (χ1v) is 2.25. The Kier molecular flexibility index (Phi) is 0.895. The van der Waals surface area contributed by atoms with E-state index in [-0.39, 0.29) is 0 Å². The van der Waals surface area contributed by atoms with E-state index in [4.69, 9.17) is 0 Å². The van der Waals surface area contributed by atoms with Crippen LogP contribution in [0.2, 0.25) is 0 Å². The van der Waals surface area contributed by atoms with Crippen LogP contribution >= 0.6 is 0 Å². The molecule has 37 valence electrons. The van der Waals surface area contributed by atoms with Gasteiger partial charge in [-0.25, -0.2) is 0 Å². The molecule has 0 aliphatic heterocycles. The molecule has 0 amide bonds. The Hall–Kier alpha value is -0.720. The van der Waals surface area contributed by atoms with Gasteiger partial charge in [0, 0.05) is 18.9 Å². The lowest BCUT2D eigenvalue weighted by atomic mass is 10.5. The smallest absolute Gasteiger partial charge is 0.0402 e. The van der Waals surface area contributed by atoms with E-state index < -0.39 is 0 Å². The van der Waals surface area contributed by atoms with Gasteiger partial charge in [-0.1, -0.05) is 0 Å². The molecule has 0 saturated carbocycles. The highest BCUT2D eigenvalue weighted by Crippen LogP contribution is 1.94. The molecule has 7 heavy (non-hydrogen) atoms. The minimum atomic E-state index is 1.19. The van der Waals surface area contributed by atoms with E-state index in [9.17, 15) is 0 Å². The molecule has 1 radical (unpaired) electrons. The Morgan fingerprint density at radius 2 is 2.43 bits per heavy atom. The Morgan fingerprint density at radius 3 is 2.57 bits per heavy atom. The molecule has 1 aromatic rings. The summed E-state index contributed by atoms with van der Waals surface area (Å²) in [6, 6.07) is 4.00. The maximum atomic E-state index is 3.70. The molecule has 0 N–H and O–H groups in total. The first kappa shape index (κ1) is 4.44. The highest BCUT2D eigenvalue weighted by molar-refractivity contribution is 5.04. The van der Waals surface area contributed by atoms with E-state index in [1.54, 1.807) is 0 Å². The molecule has 1 rings (SSSR count). The highest BCUT2D eigenvalue weighted by atomic mass is 14.9. The van der Waals surface area contributed by atoms with Gasteiger partial charge in [-0.2, -0.15) is 0 Å². The summed E-state index contributed by atoms with van der Waals surface area (Å²) < 4.78 is 1.83. The van der Waals surface area contributed by atoms with Gasteiger partial charge in [-0.15, -0.1) is 0 Å². The van der Waals surface area contributed by atoms with Crippen molar-refractivity contribution in [1.29, 1.82) is 0 Å². The van der Waals surface area contributed by atoms with Crippen molar-refractivity contribution in [3.63, 3.8) is 0 Å². The molecular formula is C6H8N. The number of aromatic nitrogens is 1. The second kappa shape index (κ2) is 1.41. The average molecular weight is 94.1 g/mol. The van der Waals surface area contributed by atoms with E-state index in [0.717, 1.165) is 0 Å². The predicted molar refractivity (Wildman–Crippen MR) is 29.9 cm³/mol. The van der Waals surface area contributed by atoms with Crippen LogP contribution in [0.5, 0.6) is 0 Å². The van der Waals surface area contributed by atoms with Crippen LogP contribution < -0.4 is 0 Å². The molecule has 0 atom stereocenters. The van der Waals surface area contributed by atoms with E-state index in [2.05, 4.69) is 7.05 Å². The van der Waals surface area contributed by atoms with Crippen LogP contribution in [0.1, 0.15) is 5.69 Å². The molecule has 0 fully saturated rings. The lowest BCUT2D eigenvalue weighted by Crippen LogP contribution is -1.81. The van der Waals surface area contributed by atoms with Crippen LogP contribution in [-0.4, -0.2) is 4.57 Å². The summed E-state index contributed by atoms with van der Waals surface area (Å²) >= 11 is 0. The summed E-state index contributed by atoms with van der Waals surface area (Å²) in [7, 11) is 3.70. The summed E-state index contributed by atoms with van der Waals surface area (Å²) in [6.45, 7) is 2.02. The summed E-state index contributed by atoms with van der Waals surface area (Å²) in [5, 5.41) is 0. The molecule has 0 unspecified atom stereocenters. The topological polar surface area (TPSA) is 4.93 Å². The van der Waals surface area contributed by atoms with Crippen molar-refractivity contribution < 1.29 is 0 Å². The van der Waals surface area contributed by atoms with Crippen molar-refractivity contribution in [3.05, 3.63) is 31.1 Å². The first-order valence-electron chi connectivity index (χ1n) is 2.25. The molecule has 0 aliphatic rings. The summed E-state index contributed by atoms with van der Waals surface area (Å²) in [6.07, 6.45) is 1.93. The molecule has 1 heterocycles. The van der Waals surface area contributed by atoms with Gasteiger partial charge in [0.25, 0.3) is 0 Å². The fourth-order valence-electron chi connectivity index (χ4n) is 0.499. The quantitative estimate of drug-likeness (QED) is 0.458. The zero-order chi connectivity index (χ0) is 5.28. The third kappa shape index (κ3) is 0.660. The van der Waals surface area contributed by atoms with Gasteiger partial charge in [-0.3, -0.25) is 0 Å². The fourth-order valence-corrected chi connectivity index (χ4v) is 0.499. The van der Waals surface area contributed by atoms with E-state index in [0.29, 0.717) is 0 Å². The van der Waals surface area contributed by atoms with Crippen molar-refractivity contribution in [2.75, 3.05) is 0 Å². The van der Waals surface area contributed by atoms with Crippen molar-refractivity contribution in [2.45, 2.75) is 6.92 Å². The van der Waals surface area contributed by atoms with Crippen molar-refractivity contribution in [3.8, 4) is 0 Å². The zero-order valence-electron chi connectivity index (χ0n) is 4.39. The monoisotopic (exact) mass is 94.1 g/mol. The molecule has 0 bridgehead atoms. The summed E-state index contributed by atoms with van der Waals surface area (Å²) in [5.74, 6) is 0. The minimum absolute atomic E-state index is 1.19. The van der Waals surface area contributed by atoms with Gasteiger partial charge in [0.15, 0.2) is 0 Å². The minimum Gasteiger partial charge on any atom is -0.350 e. The van der Waals surface area contributed by atoms with Gasteiger partial charge in [-0.05, 0) is 19.1 Å². The molecule has 1 aromatic heterocycles. The lowest BCUT2D eigenvalue weighted by Gasteiger charge is -1.89. The predicted octanol–water partition coefficient (Wildman–Crippen LogP) is 1.44. The maximum absolute atomic E-state index is 3.70. The van der Waals surface area contributed by atoms with Gasteiger partial charge >= 0.3 is 0 Å². The normalized spacial score (nSPS) is 9.43. The highest BCUT2D eigenvalue weighted by Gasteiger charge is 1.82. The van der Waals surface area contributed by atoms with Crippen molar-refractivity contribution in [2.24, 2.45) is 0 Å². The van der Waals surface area contributed by atoms with E-state index >= 15 is 0 Å². The molecule has 0 saturated heterocycles. The molecule has 0 spiro atoms. The molecular weight excluding hydrogens is 86.1 g/mol. The maximum Gasteiger partial charge on any atom is 0.0402 e. The second-order valence-corrected chi connectivity index (χ2v) is 1.62. The number of nitrogens with zero attached hydrogens (tertiary/aromatic N) is 1. The number of hydrogen-bond donors (Lipinski definition) is 0. The van der Waals surface area contributed by atoms with Crippen LogP contribution in [-0.2, 0) is 0 Å². The molecule has 1 nitrogen and oxygen atoms in total. The summed E-state index contributed by atoms with van der Waals surface area (Å²) in [5.41, 5.74) is 1.19. The lowest BCUT2D eigenvalue weighted by molar-refractivity contribution is 1.02. The van der Waals surface area contributed by atoms with Crippen LogP contribution in [0, 0.1) is 14.0 Å². The average Bonchev–Trinajstić information content (AvgIpc) is 1.91. The Bertz CT molecular complexity index is 136. The van der Waals surface area contributed by atoms with Gasteiger partial charge in [0.1, 0.15) is 0 Å². The third-order valence-electron chi connectivity index (χ3n) is 1.06. The van der Waals surface area contributed by atoms with Gasteiger partial charge in [0.05, 0.1) is 0 Å². The number of rotatable bonds is 0. The van der Waals surface area contributed by atoms with Crippen molar-refractivity contribution >= 4 is 0 Å². The molecule has 1 heteroatoms. The third-order valence-corrected chi connectivity index (χ3v) is 1.06. The number of aryl methyl sites for hydroxylation is 1. The number of hydrogen-bond acceptors (Lipinski definition) is 0. The Labute approximate surface area is 43.6 Å².